The monoisotopic (exact) mass is 264 g/mol. The second-order valence-corrected chi connectivity index (χ2v) is 4.74. The van der Waals surface area contributed by atoms with E-state index in [9.17, 15) is 4.79 Å². The van der Waals surface area contributed by atoms with Gasteiger partial charge in [-0.3, -0.25) is 4.79 Å². The van der Waals surface area contributed by atoms with E-state index < -0.39 is 6.04 Å². The SMILES string of the molecule is CCCC(N)C(=O)NC(C)c1ccc2c(c1)OCO2. The molecule has 1 aromatic carbocycles. The van der Waals surface area contributed by atoms with Crippen molar-refractivity contribution in [2.45, 2.75) is 38.8 Å². The Hall–Kier alpha value is -1.75. The van der Waals surface area contributed by atoms with Gasteiger partial charge in [0.1, 0.15) is 0 Å². The molecule has 1 aromatic rings. The maximum absolute atomic E-state index is 11.9. The van der Waals surface area contributed by atoms with Crippen LogP contribution in [0.3, 0.4) is 0 Å². The van der Waals surface area contributed by atoms with Crippen molar-refractivity contribution in [3.05, 3.63) is 23.8 Å². The molecule has 0 aliphatic carbocycles. The number of hydrogen-bond donors (Lipinski definition) is 2. The number of hydrogen-bond acceptors (Lipinski definition) is 4. The minimum Gasteiger partial charge on any atom is -0.454 e. The zero-order valence-corrected chi connectivity index (χ0v) is 11.3. The minimum absolute atomic E-state index is 0.107. The molecule has 2 rings (SSSR count). The first kappa shape index (κ1) is 13.7. The van der Waals surface area contributed by atoms with E-state index in [2.05, 4.69) is 5.32 Å². The Bertz CT molecular complexity index is 462. The smallest absolute Gasteiger partial charge is 0.237 e. The first-order valence-corrected chi connectivity index (χ1v) is 6.57. The van der Waals surface area contributed by atoms with Crippen LogP contribution < -0.4 is 20.5 Å². The van der Waals surface area contributed by atoms with Crippen molar-refractivity contribution >= 4 is 5.91 Å². The third kappa shape index (κ3) is 3.17. The van der Waals surface area contributed by atoms with Gasteiger partial charge in [-0.2, -0.15) is 0 Å². The van der Waals surface area contributed by atoms with Crippen LogP contribution >= 0.6 is 0 Å². The van der Waals surface area contributed by atoms with Crippen molar-refractivity contribution in [1.82, 2.24) is 5.32 Å². The molecule has 1 aliphatic rings. The lowest BCUT2D eigenvalue weighted by Gasteiger charge is -2.17. The summed E-state index contributed by atoms with van der Waals surface area (Å²) in [7, 11) is 0. The molecule has 1 heterocycles. The van der Waals surface area contributed by atoms with Gasteiger partial charge in [-0.1, -0.05) is 19.4 Å². The largest absolute Gasteiger partial charge is 0.454 e. The summed E-state index contributed by atoms with van der Waals surface area (Å²) in [5.74, 6) is 1.34. The van der Waals surface area contributed by atoms with Gasteiger partial charge in [0.2, 0.25) is 12.7 Å². The van der Waals surface area contributed by atoms with Gasteiger partial charge in [0.05, 0.1) is 12.1 Å². The molecule has 2 atom stereocenters. The summed E-state index contributed by atoms with van der Waals surface area (Å²) in [5.41, 5.74) is 6.76. The highest BCUT2D eigenvalue weighted by molar-refractivity contribution is 5.81. The van der Waals surface area contributed by atoms with Crippen LogP contribution in [0.5, 0.6) is 11.5 Å². The molecule has 5 nitrogen and oxygen atoms in total. The Morgan fingerprint density at radius 1 is 1.42 bits per heavy atom. The molecule has 3 N–H and O–H groups in total. The van der Waals surface area contributed by atoms with E-state index in [1.807, 2.05) is 32.0 Å². The van der Waals surface area contributed by atoms with Gasteiger partial charge in [-0.25, -0.2) is 0 Å². The average Bonchev–Trinajstić information content (AvgIpc) is 2.85. The Morgan fingerprint density at radius 3 is 2.89 bits per heavy atom. The Morgan fingerprint density at radius 2 is 2.16 bits per heavy atom. The maximum atomic E-state index is 11.9. The van der Waals surface area contributed by atoms with Crippen LogP contribution in [0, 0.1) is 0 Å². The molecule has 0 radical (unpaired) electrons. The fraction of sp³-hybridized carbons (Fsp3) is 0.500. The number of carbonyl (C=O) groups is 1. The number of ether oxygens (including phenoxy) is 2. The lowest BCUT2D eigenvalue weighted by molar-refractivity contribution is -0.123. The van der Waals surface area contributed by atoms with E-state index in [0.29, 0.717) is 6.42 Å². The normalized spacial score (nSPS) is 15.9. The number of amides is 1. The second-order valence-electron chi connectivity index (χ2n) is 4.74. The van der Waals surface area contributed by atoms with E-state index in [1.54, 1.807) is 0 Å². The fourth-order valence-corrected chi connectivity index (χ4v) is 2.03. The third-order valence-electron chi connectivity index (χ3n) is 3.19. The van der Waals surface area contributed by atoms with Gasteiger partial charge in [0, 0.05) is 0 Å². The molecule has 2 unspecified atom stereocenters. The van der Waals surface area contributed by atoms with Gasteiger partial charge in [-0.05, 0) is 31.0 Å². The summed E-state index contributed by atoms with van der Waals surface area (Å²) in [6, 6.07) is 5.11. The first-order chi connectivity index (χ1) is 9.11. The second kappa shape index (κ2) is 5.93. The zero-order valence-electron chi connectivity index (χ0n) is 11.3. The maximum Gasteiger partial charge on any atom is 0.237 e. The zero-order chi connectivity index (χ0) is 13.8. The predicted molar refractivity (Wildman–Crippen MR) is 72.0 cm³/mol. The quantitative estimate of drug-likeness (QED) is 0.849. The molecular formula is C14H20N2O3. The molecule has 0 bridgehead atoms. The molecule has 1 amide bonds. The van der Waals surface area contributed by atoms with Gasteiger partial charge < -0.3 is 20.5 Å². The number of nitrogens with one attached hydrogen (secondary N) is 1. The van der Waals surface area contributed by atoms with E-state index >= 15 is 0 Å². The average molecular weight is 264 g/mol. The Kier molecular flexibility index (Phi) is 4.27. The standard InChI is InChI=1S/C14H20N2O3/c1-3-4-11(15)14(17)16-9(2)10-5-6-12-13(7-10)19-8-18-12/h5-7,9,11H,3-4,8,15H2,1-2H3,(H,16,17). The van der Waals surface area contributed by atoms with E-state index in [0.717, 1.165) is 23.5 Å². The van der Waals surface area contributed by atoms with Gasteiger partial charge in [0.25, 0.3) is 0 Å². The number of fused-ring (bicyclic) bond motifs is 1. The van der Waals surface area contributed by atoms with Crippen LogP contribution in [0.1, 0.15) is 38.3 Å². The van der Waals surface area contributed by atoms with Crippen molar-refractivity contribution in [3.63, 3.8) is 0 Å². The van der Waals surface area contributed by atoms with Gasteiger partial charge in [-0.15, -0.1) is 0 Å². The molecule has 0 spiro atoms. The lowest BCUT2D eigenvalue weighted by atomic mass is 10.1. The number of rotatable bonds is 5. The van der Waals surface area contributed by atoms with Crippen molar-refractivity contribution < 1.29 is 14.3 Å². The van der Waals surface area contributed by atoms with Gasteiger partial charge in [0.15, 0.2) is 11.5 Å². The summed E-state index contributed by atoms with van der Waals surface area (Å²) in [6.45, 7) is 4.18. The van der Waals surface area contributed by atoms with E-state index in [-0.39, 0.29) is 18.7 Å². The van der Waals surface area contributed by atoms with Crippen LogP contribution in [0.2, 0.25) is 0 Å². The van der Waals surface area contributed by atoms with Crippen LogP contribution in [-0.4, -0.2) is 18.7 Å². The van der Waals surface area contributed by atoms with Crippen LogP contribution in [0.25, 0.3) is 0 Å². The van der Waals surface area contributed by atoms with E-state index in [1.165, 1.54) is 0 Å². The van der Waals surface area contributed by atoms with Crippen molar-refractivity contribution in [2.75, 3.05) is 6.79 Å². The topological polar surface area (TPSA) is 73.6 Å². The number of benzene rings is 1. The summed E-state index contributed by atoms with van der Waals surface area (Å²) in [4.78, 5) is 11.9. The Labute approximate surface area is 113 Å². The molecule has 0 saturated carbocycles. The van der Waals surface area contributed by atoms with Crippen LogP contribution in [-0.2, 0) is 4.79 Å². The molecule has 5 heteroatoms. The van der Waals surface area contributed by atoms with E-state index in [4.69, 9.17) is 15.2 Å². The molecular weight excluding hydrogens is 244 g/mol. The lowest BCUT2D eigenvalue weighted by Crippen LogP contribution is -2.41. The summed E-state index contributed by atoms with van der Waals surface area (Å²) >= 11 is 0. The van der Waals surface area contributed by atoms with Crippen LogP contribution in [0.15, 0.2) is 18.2 Å². The van der Waals surface area contributed by atoms with Crippen molar-refractivity contribution in [2.24, 2.45) is 5.73 Å². The summed E-state index contributed by atoms with van der Waals surface area (Å²) in [6.07, 6.45) is 1.59. The molecule has 104 valence electrons. The fourth-order valence-electron chi connectivity index (χ4n) is 2.03. The molecule has 1 aliphatic heterocycles. The molecule has 0 fully saturated rings. The summed E-state index contributed by atoms with van der Waals surface area (Å²) < 4.78 is 10.6. The Balaban J connectivity index is 2.00. The third-order valence-corrected chi connectivity index (χ3v) is 3.19. The highest BCUT2D eigenvalue weighted by atomic mass is 16.7. The number of nitrogens with two attached hydrogens (primary N) is 1. The van der Waals surface area contributed by atoms with Crippen molar-refractivity contribution in [1.29, 1.82) is 0 Å². The summed E-state index contributed by atoms with van der Waals surface area (Å²) in [5, 5.41) is 2.91. The molecule has 0 aromatic heterocycles. The minimum atomic E-state index is -0.443. The first-order valence-electron chi connectivity index (χ1n) is 6.57. The highest BCUT2D eigenvalue weighted by Gasteiger charge is 2.19. The molecule has 0 saturated heterocycles. The predicted octanol–water partition coefficient (Wildman–Crippen LogP) is 1.72. The molecule has 19 heavy (non-hydrogen) atoms. The van der Waals surface area contributed by atoms with Crippen molar-refractivity contribution in [3.8, 4) is 11.5 Å². The number of carbonyl (C=O) groups excluding carboxylic acids is 1. The highest BCUT2D eigenvalue weighted by Crippen LogP contribution is 2.34. The van der Waals surface area contributed by atoms with Crippen LogP contribution in [0.4, 0.5) is 0 Å². The van der Waals surface area contributed by atoms with Gasteiger partial charge >= 0.3 is 0 Å².